The molecule has 7 nitrogen and oxygen atoms in total. The maximum Gasteiger partial charge on any atom is 0.283 e. The van der Waals surface area contributed by atoms with Crippen LogP contribution in [0.4, 0.5) is 5.13 Å². The number of aromatic nitrogens is 4. The van der Waals surface area contributed by atoms with Gasteiger partial charge in [-0.3, -0.25) is 0 Å². The van der Waals surface area contributed by atoms with Crippen LogP contribution in [-0.2, 0) is 5.75 Å². The molecule has 9 heteroatoms. The van der Waals surface area contributed by atoms with Crippen molar-refractivity contribution in [2.75, 3.05) is 5.32 Å². The summed E-state index contributed by atoms with van der Waals surface area (Å²) in [4.78, 5) is 0. The van der Waals surface area contributed by atoms with Crippen LogP contribution in [0.25, 0.3) is 11.7 Å². The van der Waals surface area contributed by atoms with Gasteiger partial charge in [-0.1, -0.05) is 23.1 Å². The first kappa shape index (κ1) is 12.8. The van der Waals surface area contributed by atoms with Crippen LogP contribution in [0.5, 0.6) is 0 Å². The number of rotatable bonds is 6. The Morgan fingerprint density at radius 1 is 1.29 bits per heavy atom. The van der Waals surface area contributed by atoms with Gasteiger partial charge < -0.3 is 14.2 Å². The van der Waals surface area contributed by atoms with Gasteiger partial charge in [0.1, 0.15) is 0 Å². The molecular weight excluding hydrogens is 310 g/mol. The molecule has 0 saturated heterocycles. The number of thioether (sulfide) groups is 1. The molecule has 0 radical (unpaired) electrons. The maximum atomic E-state index is 5.54. The van der Waals surface area contributed by atoms with Gasteiger partial charge in [0.15, 0.2) is 10.1 Å². The Kier molecular flexibility index (Phi) is 3.36. The number of hydrogen-bond acceptors (Lipinski definition) is 9. The summed E-state index contributed by atoms with van der Waals surface area (Å²) in [6, 6.07) is 4.15. The molecule has 0 aliphatic heterocycles. The molecule has 0 spiro atoms. The van der Waals surface area contributed by atoms with Crippen molar-refractivity contribution in [3.8, 4) is 11.7 Å². The summed E-state index contributed by atoms with van der Waals surface area (Å²) >= 11 is 3.08. The minimum atomic E-state index is 0.393. The molecule has 21 heavy (non-hydrogen) atoms. The van der Waals surface area contributed by atoms with Gasteiger partial charge in [0.05, 0.1) is 12.0 Å². The highest BCUT2D eigenvalue weighted by atomic mass is 32.2. The molecule has 4 rings (SSSR count). The molecule has 0 atom stereocenters. The molecule has 3 aromatic rings. The van der Waals surface area contributed by atoms with E-state index < -0.39 is 0 Å². The summed E-state index contributed by atoms with van der Waals surface area (Å²) in [6.07, 6.45) is 4.02. The average Bonchev–Trinajstić information content (AvgIpc) is 2.94. The summed E-state index contributed by atoms with van der Waals surface area (Å²) in [7, 11) is 0. The second kappa shape index (κ2) is 5.49. The third-order valence-electron chi connectivity index (χ3n) is 2.83. The number of furan rings is 1. The summed E-state index contributed by atoms with van der Waals surface area (Å²) in [6.45, 7) is 0. The van der Waals surface area contributed by atoms with Gasteiger partial charge in [-0.05, 0) is 25.0 Å². The third-order valence-corrected chi connectivity index (χ3v) is 4.80. The van der Waals surface area contributed by atoms with E-state index >= 15 is 0 Å². The van der Waals surface area contributed by atoms with Gasteiger partial charge in [0.2, 0.25) is 11.0 Å². The Bertz CT molecular complexity index is 720. The maximum absolute atomic E-state index is 5.54. The average molecular weight is 321 g/mol. The van der Waals surface area contributed by atoms with E-state index in [2.05, 4.69) is 25.7 Å². The van der Waals surface area contributed by atoms with Crippen LogP contribution in [0.3, 0.4) is 0 Å². The van der Waals surface area contributed by atoms with E-state index in [4.69, 9.17) is 8.83 Å². The predicted molar refractivity (Wildman–Crippen MR) is 78.1 cm³/mol. The van der Waals surface area contributed by atoms with Crippen LogP contribution < -0.4 is 5.32 Å². The standard InChI is InChI=1S/C12H11N5O2S2/c1-2-8(18-5-1)10-15-14-9(19-10)6-20-12-17-16-11(21-12)13-7-3-4-7/h1-2,5,7H,3-4,6H2,(H,13,16). The van der Waals surface area contributed by atoms with E-state index in [1.165, 1.54) is 24.6 Å². The molecule has 0 bridgehead atoms. The molecule has 1 aliphatic rings. The summed E-state index contributed by atoms with van der Waals surface area (Å²) in [5, 5.41) is 20.4. The van der Waals surface area contributed by atoms with E-state index in [1.54, 1.807) is 29.7 Å². The van der Waals surface area contributed by atoms with Gasteiger partial charge in [-0.15, -0.1) is 20.4 Å². The number of nitrogens with one attached hydrogen (secondary N) is 1. The fraction of sp³-hybridized carbons (Fsp3) is 0.333. The molecule has 1 aliphatic carbocycles. The lowest BCUT2D eigenvalue weighted by atomic mass is 10.5. The van der Waals surface area contributed by atoms with Crippen molar-refractivity contribution in [3.63, 3.8) is 0 Å². The van der Waals surface area contributed by atoms with E-state index in [0.29, 0.717) is 29.3 Å². The quantitative estimate of drug-likeness (QED) is 0.693. The van der Waals surface area contributed by atoms with Gasteiger partial charge in [0.25, 0.3) is 5.89 Å². The molecule has 1 fully saturated rings. The smallest absolute Gasteiger partial charge is 0.283 e. The van der Waals surface area contributed by atoms with E-state index in [0.717, 1.165) is 9.47 Å². The SMILES string of the molecule is c1coc(-c2nnc(CSc3nnc(NC4CC4)s3)o2)c1. The zero-order valence-corrected chi connectivity index (χ0v) is 12.5. The number of nitrogens with zero attached hydrogens (tertiary/aromatic N) is 4. The van der Waals surface area contributed by atoms with Crippen LogP contribution in [0.2, 0.25) is 0 Å². The molecule has 1 N–H and O–H groups in total. The zero-order valence-electron chi connectivity index (χ0n) is 10.9. The highest BCUT2D eigenvalue weighted by Gasteiger charge is 2.22. The first-order chi connectivity index (χ1) is 10.4. The van der Waals surface area contributed by atoms with Crippen LogP contribution in [-0.4, -0.2) is 26.4 Å². The lowest BCUT2D eigenvalue weighted by Crippen LogP contribution is -1.99. The topological polar surface area (TPSA) is 89.9 Å². The second-order valence-electron chi connectivity index (χ2n) is 4.56. The Morgan fingerprint density at radius 2 is 2.24 bits per heavy atom. The summed E-state index contributed by atoms with van der Waals surface area (Å²) in [5.41, 5.74) is 0. The number of hydrogen-bond donors (Lipinski definition) is 1. The summed E-state index contributed by atoms with van der Waals surface area (Å²) < 4.78 is 11.6. The van der Waals surface area contributed by atoms with E-state index in [-0.39, 0.29) is 0 Å². The first-order valence-corrected chi connectivity index (χ1v) is 8.26. The van der Waals surface area contributed by atoms with Gasteiger partial charge in [0, 0.05) is 6.04 Å². The van der Waals surface area contributed by atoms with Crippen molar-refractivity contribution in [2.45, 2.75) is 29.0 Å². The zero-order chi connectivity index (χ0) is 14.1. The fourth-order valence-electron chi connectivity index (χ4n) is 1.66. The van der Waals surface area contributed by atoms with Crippen LogP contribution >= 0.6 is 23.1 Å². The van der Waals surface area contributed by atoms with Crippen LogP contribution in [0, 0.1) is 0 Å². The normalized spacial score (nSPS) is 14.5. The second-order valence-corrected chi connectivity index (χ2v) is 6.76. The molecule has 0 unspecified atom stereocenters. The highest BCUT2D eigenvalue weighted by Crippen LogP contribution is 2.31. The molecular formula is C12H11N5O2S2. The third kappa shape index (κ3) is 3.08. The molecule has 108 valence electrons. The number of anilines is 1. The molecule has 1 saturated carbocycles. The first-order valence-electron chi connectivity index (χ1n) is 6.46. The predicted octanol–water partition coefficient (Wildman–Crippen LogP) is 3.05. The van der Waals surface area contributed by atoms with Gasteiger partial charge >= 0.3 is 0 Å². The van der Waals surface area contributed by atoms with Crippen molar-refractivity contribution in [3.05, 3.63) is 24.3 Å². The van der Waals surface area contributed by atoms with Gasteiger partial charge in [-0.25, -0.2) is 0 Å². The molecule has 3 heterocycles. The van der Waals surface area contributed by atoms with Crippen molar-refractivity contribution in [1.29, 1.82) is 0 Å². The van der Waals surface area contributed by atoms with Crippen molar-refractivity contribution in [1.82, 2.24) is 20.4 Å². The lowest BCUT2D eigenvalue weighted by Gasteiger charge is -1.94. The van der Waals surface area contributed by atoms with Crippen LogP contribution in [0.15, 0.2) is 31.6 Å². The van der Waals surface area contributed by atoms with Gasteiger partial charge in [-0.2, -0.15) is 0 Å². The van der Waals surface area contributed by atoms with E-state index in [9.17, 15) is 0 Å². The minimum Gasteiger partial charge on any atom is -0.459 e. The van der Waals surface area contributed by atoms with Crippen molar-refractivity contribution >= 4 is 28.2 Å². The molecule has 0 amide bonds. The minimum absolute atomic E-state index is 0.393. The largest absolute Gasteiger partial charge is 0.459 e. The highest BCUT2D eigenvalue weighted by molar-refractivity contribution is 8.00. The lowest BCUT2D eigenvalue weighted by molar-refractivity contribution is 0.494. The van der Waals surface area contributed by atoms with Crippen LogP contribution in [0.1, 0.15) is 18.7 Å². The Labute approximate surface area is 128 Å². The molecule has 3 aromatic heterocycles. The molecule has 0 aromatic carbocycles. The van der Waals surface area contributed by atoms with Crippen molar-refractivity contribution < 1.29 is 8.83 Å². The fourth-order valence-corrected chi connectivity index (χ4v) is 3.33. The monoisotopic (exact) mass is 321 g/mol. The summed E-state index contributed by atoms with van der Waals surface area (Å²) in [5.74, 6) is 2.07. The Morgan fingerprint density at radius 3 is 3.05 bits per heavy atom. The van der Waals surface area contributed by atoms with Crippen molar-refractivity contribution in [2.24, 2.45) is 0 Å². The Hall–Kier alpha value is -1.87. The Balaban J connectivity index is 1.36. The van der Waals surface area contributed by atoms with E-state index in [1.807, 2.05) is 0 Å².